The summed E-state index contributed by atoms with van der Waals surface area (Å²) >= 11 is 0. The molecule has 0 aliphatic carbocycles. The summed E-state index contributed by atoms with van der Waals surface area (Å²) in [6, 6.07) is 3.84. The first kappa shape index (κ1) is 12.8. The maximum absolute atomic E-state index is 10.6. The quantitative estimate of drug-likeness (QED) is 0.779. The van der Waals surface area contributed by atoms with Crippen molar-refractivity contribution in [2.45, 2.75) is 33.7 Å². The van der Waals surface area contributed by atoms with Crippen molar-refractivity contribution in [3.63, 3.8) is 0 Å². The molecule has 4 heteroatoms. The molecule has 0 radical (unpaired) electrons. The molecule has 2 N–H and O–H groups in total. The summed E-state index contributed by atoms with van der Waals surface area (Å²) in [5.74, 6) is 1.01. The van der Waals surface area contributed by atoms with Gasteiger partial charge in [0.2, 0.25) is 0 Å². The second-order valence-electron chi connectivity index (χ2n) is 4.85. The lowest BCUT2D eigenvalue weighted by molar-refractivity contribution is -0.139. The zero-order chi connectivity index (χ0) is 12.2. The zero-order valence-electron chi connectivity index (χ0n) is 10.0. The van der Waals surface area contributed by atoms with Gasteiger partial charge in [-0.3, -0.25) is 4.79 Å². The van der Waals surface area contributed by atoms with Crippen molar-refractivity contribution in [3.8, 4) is 0 Å². The first-order valence-electron chi connectivity index (χ1n) is 5.37. The molecule has 0 saturated heterocycles. The lowest BCUT2D eigenvalue weighted by Crippen LogP contribution is -2.31. The maximum Gasteiger partial charge on any atom is 0.303 e. The largest absolute Gasteiger partial charge is 0.481 e. The smallest absolute Gasteiger partial charge is 0.303 e. The summed E-state index contributed by atoms with van der Waals surface area (Å²) < 4.78 is 5.40. The van der Waals surface area contributed by atoms with Crippen LogP contribution in [0.2, 0.25) is 0 Å². The standard InChI is InChI=1S/C12H19NO3/c1-9-4-5-10(16-9)7-13-8-12(2,3)6-11(14)15/h4-5,13H,6-8H2,1-3H3,(H,14,15). The van der Waals surface area contributed by atoms with Crippen LogP contribution in [0.3, 0.4) is 0 Å². The molecule has 0 aromatic carbocycles. The highest BCUT2D eigenvalue weighted by Gasteiger charge is 2.21. The average molecular weight is 225 g/mol. The van der Waals surface area contributed by atoms with E-state index in [1.165, 1.54) is 0 Å². The molecule has 1 heterocycles. The minimum atomic E-state index is -0.763. The van der Waals surface area contributed by atoms with E-state index in [1.54, 1.807) is 0 Å². The molecule has 0 amide bonds. The van der Waals surface area contributed by atoms with Crippen LogP contribution in [0, 0.1) is 12.3 Å². The van der Waals surface area contributed by atoms with Crippen LogP contribution in [0.25, 0.3) is 0 Å². The number of rotatable bonds is 6. The van der Waals surface area contributed by atoms with E-state index in [-0.39, 0.29) is 11.8 Å². The third-order valence-electron chi connectivity index (χ3n) is 2.33. The Kier molecular flexibility index (Phi) is 4.12. The molecule has 0 saturated carbocycles. The Hall–Kier alpha value is -1.29. The molecule has 0 spiro atoms. The minimum absolute atomic E-state index is 0.164. The minimum Gasteiger partial charge on any atom is -0.481 e. The van der Waals surface area contributed by atoms with E-state index in [2.05, 4.69) is 5.32 Å². The predicted octanol–water partition coefficient (Wildman–Crippen LogP) is 2.18. The van der Waals surface area contributed by atoms with Crippen LogP contribution >= 0.6 is 0 Å². The SMILES string of the molecule is Cc1ccc(CNCC(C)(C)CC(=O)O)o1. The second kappa shape index (κ2) is 5.16. The number of nitrogens with one attached hydrogen (secondary N) is 1. The van der Waals surface area contributed by atoms with E-state index >= 15 is 0 Å². The number of carbonyl (C=O) groups is 1. The van der Waals surface area contributed by atoms with Crippen molar-refractivity contribution in [1.82, 2.24) is 5.32 Å². The molecule has 1 rings (SSSR count). The Balaban J connectivity index is 2.32. The van der Waals surface area contributed by atoms with E-state index in [1.807, 2.05) is 32.9 Å². The number of hydrogen-bond acceptors (Lipinski definition) is 3. The average Bonchev–Trinajstić information content (AvgIpc) is 2.48. The fourth-order valence-electron chi connectivity index (χ4n) is 1.58. The first-order chi connectivity index (χ1) is 7.39. The van der Waals surface area contributed by atoms with Crippen molar-refractivity contribution in [3.05, 3.63) is 23.7 Å². The molecule has 0 bridgehead atoms. The Bertz CT molecular complexity index is 355. The van der Waals surface area contributed by atoms with Crippen LogP contribution in [0.1, 0.15) is 31.8 Å². The van der Waals surface area contributed by atoms with Crippen LogP contribution in [0.4, 0.5) is 0 Å². The van der Waals surface area contributed by atoms with Crippen LogP contribution in [-0.2, 0) is 11.3 Å². The van der Waals surface area contributed by atoms with E-state index in [0.717, 1.165) is 11.5 Å². The van der Waals surface area contributed by atoms with Gasteiger partial charge in [0.25, 0.3) is 0 Å². The van der Waals surface area contributed by atoms with Crippen LogP contribution in [-0.4, -0.2) is 17.6 Å². The lowest BCUT2D eigenvalue weighted by atomic mass is 9.89. The van der Waals surface area contributed by atoms with Crippen LogP contribution in [0.5, 0.6) is 0 Å². The van der Waals surface area contributed by atoms with Gasteiger partial charge in [0.1, 0.15) is 11.5 Å². The van der Waals surface area contributed by atoms with Gasteiger partial charge in [-0.05, 0) is 24.5 Å². The van der Waals surface area contributed by atoms with Gasteiger partial charge in [-0.1, -0.05) is 13.8 Å². The Labute approximate surface area is 95.7 Å². The maximum atomic E-state index is 10.6. The molecule has 0 unspecified atom stereocenters. The number of aryl methyl sites for hydroxylation is 1. The first-order valence-corrected chi connectivity index (χ1v) is 5.37. The van der Waals surface area contributed by atoms with Crippen molar-refractivity contribution >= 4 is 5.97 Å². The molecule has 1 aromatic heterocycles. The summed E-state index contributed by atoms with van der Waals surface area (Å²) in [5.41, 5.74) is -0.243. The Morgan fingerprint density at radius 2 is 2.19 bits per heavy atom. The fourth-order valence-corrected chi connectivity index (χ4v) is 1.58. The van der Waals surface area contributed by atoms with E-state index in [9.17, 15) is 4.79 Å². The summed E-state index contributed by atoms with van der Waals surface area (Å²) in [6.07, 6.45) is 0.164. The predicted molar refractivity (Wildman–Crippen MR) is 61.2 cm³/mol. The number of aliphatic carboxylic acids is 1. The normalized spacial score (nSPS) is 11.7. The second-order valence-corrected chi connectivity index (χ2v) is 4.85. The van der Waals surface area contributed by atoms with Crippen LogP contribution < -0.4 is 5.32 Å². The van der Waals surface area contributed by atoms with Gasteiger partial charge in [0.05, 0.1) is 13.0 Å². The number of carboxylic acid groups (broad SMARTS) is 1. The van der Waals surface area contributed by atoms with Crippen molar-refractivity contribution < 1.29 is 14.3 Å². The van der Waals surface area contributed by atoms with E-state index in [4.69, 9.17) is 9.52 Å². The van der Waals surface area contributed by atoms with E-state index < -0.39 is 5.97 Å². The third kappa shape index (κ3) is 4.49. The third-order valence-corrected chi connectivity index (χ3v) is 2.33. The summed E-state index contributed by atoms with van der Waals surface area (Å²) in [7, 11) is 0. The van der Waals surface area contributed by atoms with Gasteiger partial charge in [0.15, 0.2) is 0 Å². The van der Waals surface area contributed by atoms with Gasteiger partial charge < -0.3 is 14.8 Å². The number of furan rings is 1. The summed E-state index contributed by atoms with van der Waals surface area (Å²) in [5, 5.41) is 11.9. The molecule has 0 atom stereocenters. The van der Waals surface area contributed by atoms with Crippen molar-refractivity contribution in [2.24, 2.45) is 5.41 Å². The summed E-state index contributed by atoms with van der Waals surface area (Å²) in [6.45, 7) is 7.05. The zero-order valence-corrected chi connectivity index (χ0v) is 10.0. The fraction of sp³-hybridized carbons (Fsp3) is 0.583. The van der Waals surface area contributed by atoms with Crippen molar-refractivity contribution in [2.75, 3.05) is 6.54 Å². The van der Waals surface area contributed by atoms with Gasteiger partial charge in [0, 0.05) is 6.54 Å². The lowest BCUT2D eigenvalue weighted by Gasteiger charge is -2.22. The topological polar surface area (TPSA) is 62.5 Å². The highest BCUT2D eigenvalue weighted by atomic mass is 16.4. The molecule has 4 nitrogen and oxygen atoms in total. The molecule has 90 valence electrons. The number of hydrogen-bond donors (Lipinski definition) is 2. The highest BCUT2D eigenvalue weighted by Crippen LogP contribution is 2.19. The number of carboxylic acids is 1. The highest BCUT2D eigenvalue weighted by molar-refractivity contribution is 5.67. The molecular weight excluding hydrogens is 206 g/mol. The molecule has 0 aliphatic heterocycles. The van der Waals surface area contributed by atoms with Crippen LogP contribution in [0.15, 0.2) is 16.5 Å². The van der Waals surface area contributed by atoms with Gasteiger partial charge >= 0.3 is 5.97 Å². The monoisotopic (exact) mass is 225 g/mol. The molecule has 16 heavy (non-hydrogen) atoms. The van der Waals surface area contributed by atoms with Crippen molar-refractivity contribution in [1.29, 1.82) is 0 Å². The van der Waals surface area contributed by atoms with E-state index in [0.29, 0.717) is 13.1 Å². The molecule has 1 aromatic rings. The Morgan fingerprint density at radius 3 is 2.69 bits per heavy atom. The Morgan fingerprint density at radius 1 is 1.50 bits per heavy atom. The molecular formula is C12H19NO3. The molecule has 0 fully saturated rings. The molecule has 0 aliphatic rings. The van der Waals surface area contributed by atoms with Gasteiger partial charge in [-0.25, -0.2) is 0 Å². The summed E-state index contributed by atoms with van der Waals surface area (Å²) in [4.78, 5) is 10.6. The van der Waals surface area contributed by atoms with Gasteiger partial charge in [-0.15, -0.1) is 0 Å². The van der Waals surface area contributed by atoms with Gasteiger partial charge in [-0.2, -0.15) is 0 Å².